The van der Waals surface area contributed by atoms with Gasteiger partial charge in [-0.2, -0.15) is 11.3 Å². The van der Waals surface area contributed by atoms with Gasteiger partial charge in [-0.05, 0) is 30.2 Å². The highest BCUT2D eigenvalue weighted by molar-refractivity contribution is 7.08. The summed E-state index contributed by atoms with van der Waals surface area (Å²) in [6.07, 6.45) is 3.28. The van der Waals surface area contributed by atoms with Crippen LogP contribution >= 0.6 is 11.3 Å². The number of hydrogen-bond acceptors (Lipinski definition) is 4. The number of carbonyl (C=O) groups is 1. The van der Waals surface area contributed by atoms with Crippen molar-refractivity contribution in [3.63, 3.8) is 0 Å². The van der Waals surface area contributed by atoms with Crippen LogP contribution in [0.25, 0.3) is 11.3 Å². The quantitative estimate of drug-likeness (QED) is 0.937. The molecule has 0 saturated carbocycles. The van der Waals surface area contributed by atoms with Gasteiger partial charge in [-0.1, -0.05) is 6.92 Å². The van der Waals surface area contributed by atoms with Gasteiger partial charge in [-0.15, -0.1) is 0 Å². The van der Waals surface area contributed by atoms with E-state index in [0.29, 0.717) is 12.3 Å². The molecule has 0 aliphatic carbocycles. The van der Waals surface area contributed by atoms with Crippen LogP contribution in [0.15, 0.2) is 27.7 Å². The minimum atomic E-state index is -0.102. The smallest absolute Gasteiger partial charge is 0.251 e. The van der Waals surface area contributed by atoms with Crippen molar-refractivity contribution in [3.8, 4) is 11.3 Å². The second-order valence-corrected chi connectivity index (χ2v) is 6.75. The van der Waals surface area contributed by atoms with Gasteiger partial charge in [0.1, 0.15) is 5.82 Å². The lowest BCUT2D eigenvalue weighted by molar-refractivity contribution is -0.132. The summed E-state index contributed by atoms with van der Waals surface area (Å²) in [6.45, 7) is 3.52. The number of hydrogen-bond donors (Lipinski definition) is 1. The van der Waals surface area contributed by atoms with Crippen LogP contribution in [0.2, 0.25) is 0 Å². The predicted molar refractivity (Wildman–Crippen MR) is 91.5 cm³/mol. The van der Waals surface area contributed by atoms with E-state index in [0.717, 1.165) is 49.4 Å². The molecule has 1 fully saturated rings. The molecule has 1 aliphatic heterocycles. The molecule has 0 radical (unpaired) electrons. The lowest BCUT2D eigenvalue weighted by Crippen LogP contribution is -2.38. The third-order valence-electron chi connectivity index (χ3n) is 4.36. The topological polar surface area (TPSA) is 66.1 Å². The molecule has 1 aliphatic rings. The molecule has 3 heterocycles. The number of aromatic amines is 1. The van der Waals surface area contributed by atoms with Crippen LogP contribution in [0.5, 0.6) is 0 Å². The third-order valence-corrected chi connectivity index (χ3v) is 5.04. The fraction of sp³-hybridized carbons (Fsp3) is 0.471. The van der Waals surface area contributed by atoms with Crippen LogP contribution in [0.4, 0.5) is 0 Å². The first-order valence-corrected chi connectivity index (χ1v) is 9.00. The van der Waals surface area contributed by atoms with Crippen molar-refractivity contribution in [2.24, 2.45) is 5.92 Å². The van der Waals surface area contributed by atoms with Crippen molar-refractivity contribution in [3.05, 3.63) is 39.1 Å². The minimum Gasteiger partial charge on any atom is -0.343 e. The van der Waals surface area contributed by atoms with Gasteiger partial charge in [0, 0.05) is 42.9 Å². The first-order chi connectivity index (χ1) is 11.2. The monoisotopic (exact) mass is 331 g/mol. The molecule has 5 nitrogen and oxygen atoms in total. The molecule has 2 aromatic rings. The van der Waals surface area contributed by atoms with Crippen molar-refractivity contribution in [1.29, 1.82) is 0 Å². The SMILES string of the molecule is CCC(=O)N1CCC(Cc2nc(-c3ccsc3)cc(=O)[nH]2)CC1. The average molecular weight is 331 g/mol. The Morgan fingerprint density at radius 2 is 2.22 bits per heavy atom. The van der Waals surface area contributed by atoms with E-state index >= 15 is 0 Å². The van der Waals surface area contributed by atoms with Crippen LogP contribution in [-0.2, 0) is 11.2 Å². The second kappa shape index (κ2) is 7.08. The van der Waals surface area contributed by atoms with Crippen molar-refractivity contribution in [2.45, 2.75) is 32.6 Å². The molecule has 0 bridgehead atoms. The maximum absolute atomic E-state index is 11.9. The first kappa shape index (κ1) is 15.9. The summed E-state index contributed by atoms with van der Waals surface area (Å²) in [5.41, 5.74) is 1.63. The lowest BCUT2D eigenvalue weighted by atomic mass is 9.93. The number of rotatable bonds is 4. The average Bonchev–Trinajstić information content (AvgIpc) is 3.09. The molecule has 1 N–H and O–H groups in total. The van der Waals surface area contributed by atoms with E-state index in [2.05, 4.69) is 9.97 Å². The highest BCUT2D eigenvalue weighted by Crippen LogP contribution is 2.22. The van der Waals surface area contributed by atoms with Crippen LogP contribution in [0, 0.1) is 5.92 Å². The maximum atomic E-state index is 11.9. The van der Waals surface area contributed by atoms with E-state index in [9.17, 15) is 9.59 Å². The standard InChI is InChI=1S/C17H21N3O2S/c1-2-17(22)20-6-3-12(4-7-20)9-15-18-14(10-16(21)19-15)13-5-8-23-11-13/h5,8,10-12H,2-4,6-7,9H2,1H3,(H,18,19,21). The predicted octanol–water partition coefficient (Wildman–Crippen LogP) is 2.69. The van der Waals surface area contributed by atoms with Crippen molar-refractivity contribution in [1.82, 2.24) is 14.9 Å². The number of thiophene rings is 1. The van der Waals surface area contributed by atoms with Crippen LogP contribution < -0.4 is 5.56 Å². The number of likely N-dealkylation sites (tertiary alicyclic amines) is 1. The summed E-state index contributed by atoms with van der Waals surface area (Å²) in [5, 5.41) is 3.98. The molecule has 0 unspecified atom stereocenters. The molecular formula is C17H21N3O2S. The normalized spacial score (nSPS) is 15.8. The number of carbonyl (C=O) groups excluding carboxylic acids is 1. The fourth-order valence-corrected chi connectivity index (χ4v) is 3.70. The summed E-state index contributed by atoms with van der Waals surface area (Å²) < 4.78 is 0. The zero-order valence-corrected chi connectivity index (χ0v) is 14.1. The second-order valence-electron chi connectivity index (χ2n) is 5.97. The molecule has 2 aromatic heterocycles. The van der Waals surface area contributed by atoms with Crippen LogP contribution in [0.3, 0.4) is 0 Å². The summed E-state index contributed by atoms with van der Waals surface area (Å²) in [7, 11) is 0. The van der Waals surface area contributed by atoms with Crippen LogP contribution in [-0.4, -0.2) is 33.9 Å². The Hall–Kier alpha value is -1.95. The molecule has 6 heteroatoms. The number of nitrogens with zero attached hydrogens (tertiary/aromatic N) is 2. The summed E-state index contributed by atoms with van der Waals surface area (Å²) in [5.74, 6) is 1.45. The Morgan fingerprint density at radius 1 is 1.43 bits per heavy atom. The summed E-state index contributed by atoms with van der Waals surface area (Å²) >= 11 is 1.60. The summed E-state index contributed by atoms with van der Waals surface area (Å²) in [6, 6.07) is 3.53. The Morgan fingerprint density at radius 3 is 2.87 bits per heavy atom. The van der Waals surface area contributed by atoms with Crippen LogP contribution in [0.1, 0.15) is 32.0 Å². The van der Waals surface area contributed by atoms with Crippen molar-refractivity contribution < 1.29 is 4.79 Å². The highest BCUT2D eigenvalue weighted by atomic mass is 32.1. The minimum absolute atomic E-state index is 0.102. The van der Waals surface area contributed by atoms with Gasteiger partial charge < -0.3 is 9.88 Å². The number of amides is 1. The van der Waals surface area contributed by atoms with Gasteiger partial charge in [0.15, 0.2) is 0 Å². The van der Waals surface area contributed by atoms with E-state index in [1.165, 1.54) is 0 Å². The molecule has 122 valence electrons. The van der Waals surface area contributed by atoms with Crippen molar-refractivity contribution >= 4 is 17.2 Å². The van der Waals surface area contributed by atoms with E-state index < -0.39 is 0 Å². The molecule has 23 heavy (non-hydrogen) atoms. The maximum Gasteiger partial charge on any atom is 0.251 e. The Kier molecular flexibility index (Phi) is 4.91. The van der Waals surface area contributed by atoms with Gasteiger partial charge in [-0.3, -0.25) is 9.59 Å². The molecule has 1 saturated heterocycles. The zero-order valence-electron chi connectivity index (χ0n) is 13.2. The highest BCUT2D eigenvalue weighted by Gasteiger charge is 2.22. The van der Waals surface area contributed by atoms with Gasteiger partial charge in [0.05, 0.1) is 5.69 Å². The Labute approximate surface area is 139 Å². The largest absolute Gasteiger partial charge is 0.343 e. The Balaban J connectivity index is 1.67. The van der Waals surface area contributed by atoms with Gasteiger partial charge in [-0.25, -0.2) is 4.98 Å². The number of aromatic nitrogens is 2. The van der Waals surface area contributed by atoms with Gasteiger partial charge in [0.25, 0.3) is 5.56 Å². The van der Waals surface area contributed by atoms with E-state index in [-0.39, 0.29) is 11.5 Å². The number of H-pyrrole nitrogens is 1. The van der Waals surface area contributed by atoms with E-state index in [4.69, 9.17) is 0 Å². The molecule has 0 spiro atoms. The number of nitrogens with one attached hydrogen (secondary N) is 1. The fourth-order valence-electron chi connectivity index (χ4n) is 3.05. The number of piperidine rings is 1. The molecule has 3 rings (SSSR count). The lowest BCUT2D eigenvalue weighted by Gasteiger charge is -2.31. The first-order valence-electron chi connectivity index (χ1n) is 8.06. The molecule has 0 atom stereocenters. The van der Waals surface area contributed by atoms with Gasteiger partial charge in [0.2, 0.25) is 5.91 Å². The Bertz CT molecular complexity index is 716. The van der Waals surface area contributed by atoms with Gasteiger partial charge >= 0.3 is 0 Å². The molecule has 1 amide bonds. The summed E-state index contributed by atoms with van der Waals surface area (Å²) in [4.78, 5) is 33.0. The van der Waals surface area contributed by atoms with Crippen molar-refractivity contribution in [2.75, 3.05) is 13.1 Å². The molecule has 0 aromatic carbocycles. The van der Waals surface area contributed by atoms with E-state index in [1.807, 2.05) is 28.7 Å². The molecular weight excluding hydrogens is 310 g/mol. The third kappa shape index (κ3) is 3.88. The van der Waals surface area contributed by atoms with E-state index in [1.54, 1.807) is 17.4 Å². The zero-order chi connectivity index (χ0) is 16.2.